The first-order valence-corrected chi connectivity index (χ1v) is 6.52. The molecule has 1 unspecified atom stereocenters. The van der Waals surface area contributed by atoms with Crippen LogP contribution in [0.25, 0.3) is 0 Å². The molecule has 2 rings (SSSR count). The molecule has 2 aromatic rings. The van der Waals surface area contributed by atoms with Crippen molar-refractivity contribution in [3.63, 3.8) is 0 Å². The van der Waals surface area contributed by atoms with E-state index in [1.807, 2.05) is 29.1 Å². The Morgan fingerprint density at radius 3 is 2.56 bits per heavy atom. The molecule has 1 aromatic heterocycles. The first-order valence-electron chi connectivity index (χ1n) is 6.15. The second kappa shape index (κ2) is 6.03. The highest BCUT2D eigenvalue weighted by Crippen LogP contribution is 2.19. The Bertz CT molecular complexity index is 479. The molecule has 4 heteroatoms. The Morgan fingerprint density at radius 2 is 2.00 bits per heavy atom. The van der Waals surface area contributed by atoms with Crippen molar-refractivity contribution in [3.05, 3.63) is 53.3 Å². The average molecular weight is 264 g/mol. The number of benzene rings is 1. The highest BCUT2D eigenvalue weighted by Gasteiger charge is 2.14. The SMILES string of the molecule is CC(C)NCC(c1ccccc1)n1cc(Cl)cn1. The van der Waals surface area contributed by atoms with Crippen LogP contribution >= 0.6 is 11.6 Å². The van der Waals surface area contributed by atoms with E-state index in [-0.39, 0.29) is 6.04 Å². The summed E-state index contributed by atoms with van der Waals surface area (Å²) in [4.78, 5) is 0. The smallest absolute Gasteiger partial charge is 0.0893 e. The van der Waals surface area contributed by atoms with Crippen LogP contribution in [0.5, 0.6) is 0 Å². The lowest BCUT2D eigenvalue weighted by molar-refractivity contribution is 0.456. The molecule has 0 saturated heterocycles. The molecule has 1 aromatic carbocycles. The van der Waals surface area contributed by atoms with Gasteiger partial charge >= 0.3 is 0 Å². The van der Waals surface area contributed by atoms with Crippen molar-refractivity contribution in [1.82, 2.24) is 15.1 Å². The summed E-state index contributed by atoms with van der Waals surface area (Å²) in [6.07, 6.45) is 3.54. The standard InChI is InChI=1S/C14H18ClN3/c1-11(2)16-9-14(12-6-4-3-5-7-12)18-10-13(15)8-17-18/h3-8,10-11,14,16H,9H2,1-2H3. The van der Waals surface area contributed by atoms with Gasteiger partial charge in [0.1, 0.15) is 0 Å². The molecule has 0 spiro atoms. The lowest BCUT2D eigenvalue weighted by Gasteiger charge is -2.20. The highest BCUT2D eigenvalue weighted by atomic mass is 35.5. The molecule has 0 radical (unpaired) electrons. The summed E-state index contributed by atoms with van der Waals surface area (Å²) in [5, 5.41) is 8.43. The van der Waals surface area contributed by atoms with E-state index in [0.717, 1.165) is 6.54 Å². The van der Waals surface area contributed by atoms with Crippen molar-refractivity contribution in [2.45, 2.75) is 25.9 Å². The third kappa shape index (κ3) is 3.34. The average Bonchev–Trinajstić information content (AvgIpc) is 2.77. The minimum Gasteiger partial charge on any atom is -0.312 e. The summed E-state index contributed by atoms with van der Waals surface area (Å²) in [5.74, 6) is 0. The Balaban J connectivity index is 2.23. The fraction of sp³-hybridized carbons (Fsp3) is 0.357. The lowest BCUT2D eigenvalue weighted by Crippen LogP contribution is -2.31. The first-order chi connectivity index (χ1) is 8.66. The lowest BCUT2D eigenvalue weighted by atomic mass is 10.1. The van der Waals surface area contributed by atoms with Crippen LogP contribution < -0.4 is 5.32 Å². The third-order valence-electron chi connectivity index (χ3n) is 2.79. The number of rotatable bonds is 5. The molecule has 1 heterocycles. The highest BCUT2D eigenvalue weighted by molar-refractivity contribution is 6.30. The largest absolute Gasteiger partial charge is 0.312 e. The van der Waals surface area contributed by atoms with Crippen LogP contribution in [0.2, 0.25) is 5.02 Å². The zero-order valence-corrected chi connectivity index (χ0v) is 11.4. The normalized spacial score (nSPS) is 12.9. The number of halogens is 1. The molecule has 0 aliphatic carbocycles. The molecular weight excluding hydrogens is 246 g/mol. The van der Waals surface area contributed by atoms with E-state index in [0.29, 0.717) is 11.1 Å². The van der Waals surface area contributed by atoms with Gasteiger partial charge in [0, 0.05) is 18.8 Å². The predicted octanol–water partition coefficient (Wildman–Crippen LogP) is 3.12. The van der Waals surface area contributed by atoms with Crippen molar-refractivity contribution < 1.29 is 0 Å². The number of hydrogen-bond donors (Lipinski definition) is 1. The van der Waals surface area contributed by atoms with Gasteiger partial charge in [-0.1, -0.05) is 55.8 Å². The maximum atomic E-state index is 5.95. The molecule has 0 aliphatic heterocycles. The summed E-state index contributed by atoms with van der Waals surface area (Å²) in [5.41, 5.74) is 1.23. The van der Waals surface area contributed by atoms with Crippen molar-refractivity contribution >= 4 is 11.6 Å². The Morgan fingerprint density at radius 1 is 1.28 bits per heavy atom. The van der Waals surface area contributed by atoms with Gasteiger partial charge in [-0.2, -0.15) is 5.10 Å². The van der Waals surface area contributed by atoms with Gasteiger partial charge in [-0.05, 0) is 5.56 Å². The molecule has 0 amide bonds. The van der Waals surface area contributed by atoms with Gasteiger partial charge in [-0.15, -0.1) is 0 Å². The van der Waals surface area contributed by atoms with Gasteiger partial charge in [0.2, 0.25) is 0 Å². The maximum Gasteiger partial charge on any atom is 0.0893 e. The van der Waals surface area contributed by atoms with E-state index in [2.05, 4.69) is 36.4 Å². The predicted molar refractivity (Wildman–Crippen MR) is 75.0 cm³/mol. The van der Waals surface area contributed by atoms with E-state index in [4.69, 9.17) is 11.6 Å². The number of nitrogens with zero attached hydrogens (tertiary/aromatic N) is 2. The summed E-state index contributed by atoms with van der Waals surface area (Å²) in [7, 11) is 0. The van der Waals surface area contributed by atoms with Crippen LogP contribution in [0, 0.1) is 0 Å². The van der Waals surface area contributed by atoms with Crippen molar-refractivity contribution in [3.8, 4) is 0 Å². The fourth-order valence-electron chi connectivity index (χ4n) is 1.87. The topological polar surface area (TPSA) is 29.9 Å². The van der Waals surface area contributed by atoms with Crippen LogP contribution in [0.1, 0.15) is 25.5 Å². The number of nitrogens with one attached hydrogen (secondary N) is 1. The zero-order valence-electron chi connectivity index (χ0n) is 10.7. The summed E-state index contributed by atoms with van der Waals surface area (Å²) < 4.78 is 1.91. The van der Waals surface area contributed by atoms with E-state index < -0.39 is 0 Å². The second-order valence-corrected chi connectivity index (χ2v) is 5.06. The molecule has 3 nitrogen and oxygen atoms in total. The van der Waals surface area contributed by atoms with Crippen molar-refractivity contribution in [2.24, 2.45) is 0 Å². The zero-order chi connectivity index (χ0) is 13.0. The van der Waals surface area contributed by atoms with E-state index >= 15 is 0 Å². The minimum atomic E-state index is 0.168. The van der Waals surface area contributed by atoms with Gasteiger partial charge in [0.05, 0.1) is 17.3 Å². The van der Waals surface area contributed by atoms with Gasteiger partial charge in [-0.25, -0.2) is 0 Å². The van der Waals surface area contributed by atoms with Gasteiger partial charge < -0.3 is 5.32 Å². The molecule has 18 heavy (non-hydrogen) atoms. The maximum absolute atomic E-state index is 5.95. The Hall–Kier alpha value is -1.32. The van der Waals surface area contributed by atoms with E-state index in [9.17, 15) is 0 Å². The van der Waals surface area contributed by atoms with Crippen molar-refractivity contribution in [1.29, 1.82) is 0 Å². The molecule has 0 fully saturated rings. The number of hydrogen-bond acceptors (Lipinski definition) is 2. The summed E-state index contributed by atoms with van der Waals surface area (Å²) in [6.45, 7) is 5.11. The second-order valence-electron chi connectivity index (χ2n) is 4.63. The first kappa shape index (κ1) is 13.1. The molecule has 0 bridgehead atoms. The molecule has 0 saturated carbocycles. The molecular formula is C14H18ClN3. The van der Waals surface area contributed by atoms with Crippen LogP contribution in [0.4, 0.5) is 0 Å². The van der Waals surface area contributed by atoms with Crippen LogP contribution in [-0.4, -0.2) is 22.4 Å². The van der Waals surface area contributed by atoms with Crippen molar-refractivity contribution in [2.75, 3.05) is 6.54 Å². The number of aromatic nitrogens is 2. The molecule has 0 aliphatic rings. The van der Waals surface area contributed by atoms with Gasteiger partial charge in [0.25, 0.3) is 0 Å². The van der Waals surface area contributed by atoms with Crippen LogP contribution in [0.3, 0.4) is 0 Å². The summed E-state index contributed by atoms with van der Waals surface area (Å²) >= 11 is 5.95. The molecule has 96 valence electrons. The minimum absolute atomic E-state index is 0.168. The monoisotopic (exact) mass is 263 g/mol. The third-order valence-corrected chi connectivity index (χ3v) is 2.99. The fourth-order valence-corrected chi connectivity index (χ4v) is 2.02. The van der Waals surface area contributed by atoms with Gasteiger partial charge in [-0.3, -0.25) is 4.68 Å². The molecule has 1 N–H and O–H groups in total. The Labute approximate surface area is 113 Å². The van der Waals surface area contributed by atoms with Gasteiger partial charge in [0.15, 0.2) is 0 Å². The van der Waals surface area contributed by atoms with Crippen LogP contribution in [0.15, 0.2) is 42.7 Å². The molecule has 1 atom stereocenters. The van der Waals surface area contributed by atoms with E-state index in [1.54, 1.807) is 6.20 Å². The summed E-state index contributed by atoms with van der Waals surface area (Å²) in [6, 6.07) is 11.0. The van der Waals surface area contributed by atoms with Crippen LogP contribution in [-0.2, 0) is 0 Å². The van der Waals surface area contributed by atoms with E-state index in [1.165, 1.54) is 5.56 Å². The quantitative estimate of drug-likeness (QED) is 0.898. The Kier molecular flexibility index (Phi) is 4.39.